The number of rotatable bonds is 3. The Hall–Kier alpha value is -3.61. The van der Waals surface area contributed by atoms with Gasteiger partial charge >= 0.3 is 0 Å². The van der Waals surface area contributed by atoms with E-state index in [1.165, 1.54) is 0 Å². The van der Waals surface area contributed by atoms with Crippen LogP contribution in [-0.4, -0.2) is 45.4 Å². The van der Waals surface area contributed by atoms with Gasteiger partial charge in [-0.25, -0.2) is 9.98 Å². The van der Waals surface area contributed by atoms with Gasteiger partial charge in [-0.1, -0.05) is 24.3 Å². The highest BCUT2D eigenvalue weighted by Gasteiger charge is 2.31. The van der Waals surface area contributed by atoms with Gasteiger partial charge in [0.05, 0.1) is 36.4 Å². The molecule has 0 amide bonds. The number of fused-ring (bicyclic) bond motifs is 5. The molecule has 4 heterocycles. The lowest BCUT2D eigenvalue weighted by atomic mass is 9.94. The van der Waals surface area contributed by atoms with E-state index in [1.807, 2.05) is 24.7 Å². The van der Waals surface area contributed by atoms with E-state index in [-0.39, 0.29) is 6.04 Å². The fourth-order valence-electron chi connectivity index (χ4n) is 4.46. The lowest BCUT2D eigenvalue weighted by Crippen LogP contribution is -2.18. The zero-order valence-corrected chi connectivity index (χ0v) is 16.6. The van der Waals surface area contributed by atoms with Crippen LogP contribution in [0, 0.1) is 5.92 Å². The Morgan fingerprint density at radius 2 is 2.23 bits per heavy atom. The van der Waals surface area contributed by atoms with Gasteiger partial charge in [0.1, 0.15) is 24.4 Å². The van der Waals surface area contributed by atoms with Crippen molar-refractivity contribution < 1.29 is 9.47 Å². The van der Waals surface area contributed by atoms with Gasteiger partial charge < -0.3 is 14.0 Å². The van der Waals surface area contributed by atoms with E-state index in [0.29, 0.717) is 24.8 Å². The molecular weight excluding hydrogens is 378 g/mol. The number of methoxy groups -OCH3 is 1. The van der Waals surface area contributed by atoms with Gasteiger partial charge in [-0.2, -0.15) is 5.10 Å². The molecule has 0 saturated carbocycles. The molecule has 1 unspecified atom stereocenters. The molecule has 7 nitrogen and oxygen atoms in total. The summed E-state index contributed by atoms with van der Waals surface area (Å²) in [5.41, 5.74) is 6.05. The number of nitrogens with zero attached hydrogens (tertiary/aromatic N) is 4. The Bertz CT molecular complexity index is 1220. The van der Waals surface area contributed by atoms with Gasteiger partial charge in [-0.15, -0.1) is 0 Å². The SMILES string of the molecule is COc1ccc2c(c1)-c1[nH]ncc1Cc1c(C3=N[C@H](C4C=CC=CC4)CO3)ncn1-2. The van der Waals surface area contributed by atoms with Crippen molar-refractivity contribution in [3.63, 3.8) is 0 Å². The first kappa shape index (κ1) is 17.3. The molecule has 0 radical (unpaired) electrons. The molecule has 2 aromatic heterocycles. The van der Waals surface area contributed by atoms with Crippen molar-refractivity contribution in [3.8, 4) is 22.7 Å². The van der Waals surface area contributed by atoms with Gasteiger partial charge in [0.25, 0.3) is 0 Å². The summed E-state index contributed by atoms with van der Waals surface area (Å²) in [7, 11) is 1.68. The largest absolute Gasteiger partial charge is 0.497 e. The maximum absolute atomic E-state index is 6.04. The van der Waals surface area contributed by atoms with E-state index in [1.54, 1.807) is 7.11 Å². The minimum atomic E-state index is 0.130. The fourth-order valence-corrected chi connectivity index (χ4v) is 4.46. The van der Waals surface area contributed by atoms with Crippen LogP contribution < -0.4 is 4.74 Å². The summed E-state index contributed by atoms with van der Waals surface area (Å²) in [5, 5.41) is 7.44. The number of imidazole rings is 1. The molecule has 1 N–H and O–H groups in total. The number of aromatic amines is 1. The molecule has 0 bridgehead atoms. The molecule has 0 spiro atoms. The zero-order valence-electron chi connectivity index (χ0n) is 16.6. The highest BCUT2D eigenvalue weighted by molar-refractivity contribution is 5.95. The summed E-state index contributed by atoms with van der Waals surface area (Å²) >= 11 is 0. The van der Waals surface area contributed by atoms with Crippen molar-refractivity contribution >= 4 is 5.90 Å². The number of nitrogens with one attached hydrogen (secondary N) is 1. The normalized spacial score (nSPS) is 21.3. The highest BCUT2D eigenvalue weighted by atomic mass is 16.5. The number of ether oxygens (including phenoxy) is 2. The van der Waals surface area contributed by atoms with Crippen LogP contribution in [0.25, 0.3) is 16.9 Å². The first-order valence-corrected chi connectivity index (χ1v) is 10.1. The van der Waals surface area contributed by atoms with Crippen LogP contribution in [0.2, 0.25) is 0 Å². The number of H-pyrrole nitrogens is 1. The molecule has 1 aliphatic carbocycles. The molecule has 1 aromatic carbocycles. The average Bonchev–Trinajstić information content (AvgIpc) is 3.53. The standard InChI is InChI=1S/C23H21N5O2/c1-29-16-7-8-19-17(10-16)21-15(11-25-27-21)9-20-22(24-13-28(19)20)23-26-18(12-30-23)14-5-3-2-4-6-14/h2-5,7-8,10-11,13-14,18H,6,9,12H2,1H3,(H,25,27)/t14?,18-/m0/s1. The Labute approximate surface area is 173 Å². The number of allylic oxidation sites excluding steroid dienone is 3. The Morgan fingerprint density at radius 3 is 3.10 bits per heavy atom. The van der Waals surface area contributed by atoms with Crippen molar-refractivity contribution in [1.29, 1.82) is 0 Å². The van der Waals surface area contributed by atoms with Crippen LogP contribution in [0.4, 0.5) is 0 Å². The van der Waals surface area contributed by atoms with E-state index in [9.17, 15) is 0 Å². The van der Waals surface area contributed by atoms with E-state index < -0.39 is 0 Å². The lowest BCUT2D eigenvalue weighted by molar-refractivity contribution is 0.294. The summed E-state index contributed by atoms with van der Waals surface area (Å²) in [6.45, 7) is 0.592. The molecular formula is C23H21N5O2. The van der Waals surface area contributed by atoms with Crippen LogP contribution in [0.5, 0.6) is 5.75 Å². The first-order valence-electron chi connectivity index (χ1n) is 10.1. The smallest absolute Gasteiger partial charge is 0.237 e. The average molecular weight is 399 g/mol. The quantitative estimate of drug-likeness (QED) is 0.572. The topological polar surface area (TPSA) is 77.3 Å². The molecule has 7 heteroatoms. The van der Waals surface area contributed by atoms with E-state index in [4.69, 9.17) is 19.5 Å². The molecule has 3 aromatic rings. The summed E-state index contributed by atoms with van der Waals surface area (Å²) < 4.78 is 13.6. The first-order chi connectivity index (χ1) is 14.8. The third kappa shape index (κ3) is 2.62. The van der Waals surface area contributed by atoms with Gasteiger partial charge in [0.15, 0.2) is 0 Å². The number of hydrogen-bond donors (Lipinski definition) is 1. The molecule has 2 atom stereocenters. The van der Waals surface area contributed by atoms with Crippen molar-refractivity contribution in [2.75, 3.05) is 13.7 Å². The number of hydrogen-bond acceptors (Lipinski definition) is 5. The predicted octanol–water partition coefficient (Wildman–Crippen LogP) is 3.45. The molecule has 150 valence electrons. The summed E-state index contributed by atoms with van der Waals surface area (Å²) in [4.78, 5) is 9.62. The molecule has 0 saturated heterocycles. The van der Waals surface area contributed by atoms with Crippen molar-refractivity contribution in [2.24, 2.45) is 10.9 Å². The summed E-state index contributed by atoms with van der Waals surface area (Å²) in [6, 6.07) is 6.18. The minimum absolute atomic E-state index is 0.130. The maximum Gasteiger partial charge on any atom is 0.237 e. The van der Waals surface area contributed by atoms with Crippen LogP contribution in [0.1, 0.15) is 23.4 Å². The molecule has 2 aliphatic heterocycles. The molecule has 3 aliphatic rings. The van der Waals surface area contributed by atoms with Gasteiger partial charge in [0, 0.05) is 23.5 Å². The number of benzene rings is 1. The third-order valence-electron chi connectivity index (χ3n) is 6.06. The molecule has 30 heavy (non-hydrogen) atoms. The summed E-state index contributed by atoms with van der Waals surface area (Å²) in [6.07, 6.45) is 14.0. The number of aliphatic imine (C=N–C) groups is 1. The zero-order chi connectivity index (χ0) is 20.1. The maximum atomic E-state index is 6.04. The monoisotopic (exact) mass is 399 g/mol. The van der Waals surface area contributed by atoms with Crippen molar-refractivity contribution in [2.45, 2.75) is 18.9 Å². The van der Waals surface area contributed by atoms with Crippen molar-refractivity contribution in [1.82, 2.24) is 19.7 Å². The van der Waals surface area contributed by atoms with Gasteiger partial charge in [0.2, 0.25) is 5.90 Å². The Kier molecular flexibility index (Phi) is 3.87. The van der Waals surface area contributed by atoms with Crippen LogP contribution in [-0.2, 0) is 11.2 Å². The minimum Gasteiger partial charge on any atom is -0.497 e. The van der Waals surface area contributed by atoms with Crippen molar-refractivity contribution in [3.05, 3.63) is 72.0 Å². The van der Waals surface area contributed by atoms with Crippen LogP contribution >= 0.6 is 0 Å². The molecule has 6 rings (SSSR count). The Balaban J connectivity index is 1.44. The molecule has 0 fully saturated rings. The van der Waals surface area contributed by atoms with Gasteiger partial charge in [-0.05, 0) is 24.6 Å². The second-order valence-corrected chi connectivity index (χ2v) is 7.77. The lowest BCUT2D eigenvalue weighted by Gasteiger charge is -2.15. The highest BCUT2D eigenvalue weighted by Crippen LogP contribution is 2.37. The Morgan fingerprint density at radius 1 is 1.27 bits per heavy atom. The van der Waals surface area contributed by atoms with Gasteiger partial charge in [-0.3, -0.25) is 5.10 Å². The summed E-state index contributed by atoms with van der Waals surface area (Å²) in [5.74, 6) is 1.82. The fraction of sp³-hybridized carbons (Fsp3) is 0.261. The van der Waals surface area contributed by atoms with E-state index in [2.05, 4.69) is 45.1 Å². The van der Waals surface area contributed by atoms with E-state index >= 15 is 0 Å². The van der Waals surface area contributed by atoms with E-state index in [0.717, 1.165) is 46.1 Å². The van der Waals surface area contributed by atoms with Crippen LogP contribution in [0.3, 0.4) is 0 Å². The number of aromatic nitrogens is 4. The third-order valence-corrected chi connectivity index (χ3v) is 6.06. The second kappa shape index (κ2) is 6.73. The predicted molar refractivity (Wildman–Crippen MR) is 113 cm³/mol. The second-order valence-electron chi connectivity index (χ2n) is 7.77. The van der Waals surface area contributed by atoms with Crippen LogP contribution in [0.15, 0.2) is 60.0 Å².